The van der Waals surface area contributed by atoms with E-state index in [1.807, 2.05) is 19.0 Å². The Balaban J connectivity index is 1.91. The number of hydrogen-bond acceptors (Lipinski definition) is 2. The van der Waals surface area contributed by atoms with Crippen LogP contribution in [0.3, 0.4) is 0 Å². The van der Waals surface area contributed by atoms with E-state index < -0.39 is 0 Å². The van der Waals surface area contributed by atoms with Crippen LogP contribution in [0.2, 0.25) is 0 Å². The van der Waals surface area contributed by atoms with Gasteiger partial charge in [-0.25, -0.2) is 0 Å². The molecule has 1 amide bonds. The van der Waals surface area contributed by atoms with Crippen molar-refractivity contribution in [2.75, 3.05) is 14.1 Å². The van der Waals surface area contributed by atoms with Gasteiger partial charge >= 0.3 is 0 Å². The van der Waals surface area contributed by atoms with E-state index in [1.54, 1.807) is 0 Å². The van der Waals surface area contributed by atoms with Crippen LogP contribution < -0.4 is 5.32 Å². The zero-order valence-electron chi connectivity index (χ0n) is 12.2. The normalized spacial score (nSPS) is 24.6. The van der Waals surface area contributed by atoms with Gasteiger partial charge in [-0.05, 0) is 45.6 Å². The van der Waals surface area contributed by atoms with Crippen LogP contribution in [0.25, 0.3) is 0 Å². The lowest BCUT2D eigenvalue weighted by atomic mass is 9.79. The molecule has 104 valence electrons. The van der Waals surface area contributed by atoms with Gasteiger partial charge in [-0.3, -0.25) is 4.79 Å². The third-order valence-corrected chi connectivity index (χ3v) is 5.14. The molecule has 0 spiro atoms. The Labute approximate surface area is 111 Å². The number of amides is 1. The van der Waals surface area contributed by atoms with Crippen LogP contribution in [0.5, 0.6) is 0 Å². The molecule has 0 aromatic heterocycles. The topological polar surface area (TPSA) is 32.3 Å². The first-order valence-electron chi connectivity index (χ1n) is 7.52. The number of nitrogens with zero attached hydrogens (tertiary/aromatic N) is 1. The van der Waals surface area contributed by atoms with E-state index in [0.29, 0.717) is 18.4 Å². The van der Waals surface area contributed by atoms with Crippen molar-refractivity contribution < 1.29 is 4.79 Å². The van der Waals surface area contributed by atoms with Crippen molar-refractivity contribution in [1.82, 2.24) is 10.2 Å². The van der Waals surface area contributed by atoms with Crippen molar-refractivity contribution in [2.24, 2.45) is 5.92 Å². The van der Waals surface area contributed by atoms with Gasteiger partial charge in [0.25, 0.3) is 0 Å². The Morgan fingerprint density at radius 3 is 2.44 bits per heavy atom. The molecule has 2 rings (SSSR count). The number of hydrogen-bond donors (Lipinski definition) is 1. The number of rotatable bonds is 5. The van der Waals surface area contributed by atoms with Crippen molar-refractivity contribution >= 4 is 5.91 Å². The van der Waals surface area contributed by atoms with Crippen LogP contribution in [-0.2, 0) is 4.79 Å². The number of carbonyl (C=O) groups excluding carboxylic acids is 1. The Bertz CT molecular complexity index is 293. The SMILES string of the molecule is CNC1(CC(=O)N(C)C(C)C2CC2)CCCCC1. The fraction of sp³-hybridized carbons (Fsp3) is 0.933. The summed E-state index contributed by atoms with van der Waals surface area (Å²) in [5, 5.41) is 3.44. The van der Waals surface area contributed by atoms with Crippen LogP contribution in [-0.4, -0.2) is 36.5 Å². The van der Waals surface area contributed by atoms with Crippen LogP contribution >= 0.6 is 0 Å². The van der Waals surface area contributed by atoms with Gasteiger partial charge in [-0.1, -0.05) is 19.3 Å². The molecule has 0 saturated heterocycles. The first kappa shape index (κ1) is 13.9. The van der Waals surface area contributed by atoms with Gasteiger partial charge in [0.1, 0.15) is 0 Å². The van der Waals surface area contributed by atoms with E-state index >= 15 is 0 Å². The maximum atomic E-state index is 12.4. The molecule has 0 aromatic rings. The molecule has 3 nitrogen and oxygen atoms in total. The molecule has 1 unspecified atom stereocenters. The summed E-state index contributed by atoms with van der Waals surface area (Å²) in [5.74, 6) is 1.08. The standard InChI is InChI=1S/C15H28N2O/c1-12(13-7-8-13)17(3)14(18)11-15(16-2)9-5-4-6-10-15/h12-13,16H,4-11H2,1-3H3. The highest BCUT2D eigenvalue weighted by Gasteiger charge is 2.37. The molecule has 2 fully saturated rings. The first-order valence-corrected chi connectivity index (χ1v) is 7.52. The largest absolute Gasteiger partial charge is 0.343 e. The van der Waals surface area contributed by atoms with Gasteiger partial charge in [-0.15, -0.1) is 0 Å². The smallest absolute Gasteiger partial charge is 0.224 e. The first-order chi connectivity index (χ1) is 8.58. The Morgan fingerprint density at radius 2 is 1.94 bits per heavy atom. The van der Waals surface area contributed by atoms with Gasteiger partial charge in [-0.2, -0.15) is 0 Å². The summed E-state index contributed by atoms with van der Waals surface area (Å²) in [4.78, 5) is 14.4. The number of carbonyl (C=O) groups is 1. The second-order valence-electron chi connectivity index (χ2n) is 6.35. The zero-order valence-corrected chi connectivity index (χ0v) is 12.2. The lowest BCUT2D eigenvalue weighted by Gasteiger charge is -2.38. The van der Waals surface area contributed by atoms with E-state index in [0.717, 1.165) is 18.8 Å². The van der Waals surface area contributed by atoms with Crippen LogP contribution in [0, 0.1) is 5.92 Å². The molecule has 0 aromatic carbocycles. The van der Waals surface area contributed by atoms with Crippen LogP contribution in [0.15, 0.2) is 0 Å². The van der Waals surface area contributed by atoms with Crippen molar-refractivity contribution in [3.05, 3.63) is 0 Å². The van der Waals surface area contributed by atoms with E-state index in [4.69, 9.17) is 0 Å². The van der Waals surface area contributed by atoms with Gasteiger partial charge in [0.15, 0.2) is 0 Å². The summed E-state index contributed by atoms with van der Waals surface area (Å²) in [7, 11) is 4.00. The molecule has 2 aliphatic rings. The minimum atomic E-state index is 0.0763. The van der Waals surface area contributed by atoms with Crippen molar-refractivity contribution in [3.8, 4) is 0 Å². The van der Waals surface area contributed by atoms with Gasteiger partial charge < -0.3 is 10.2 Å². The Hall–Kier alpha value is -0.570. The van der Waals surface area contributed by atoms with E-state index in [2.05, 4.69) is 12.2 Å². The minimum absolute atomic E-state index is 0.0763. The van der Waals surface area contributed by atoms with Gasteiger partial charge in [0.05, 0.1) is 0 Å². The predicted octanol–water partition coefficient (Wildman–Crippen LogP) is 2.56. The molecule has 0 aliphatic heterocycles. The van der Waals surface area contributed by atoms with E-state index in [1.165, 1.54) is 32.1 Å². The molecule has 0 radical (unpaired) electrons. The molecule has 1 atom stereocenters. The Kier molecular flexibility index (Phi) is 4.31. The molecular weight excluding hydrogens is 224 g/mol. The molecule has 3 heteroatoms. The minimum Gasteiger partial charge on any atom is -0.343 e. The highest BCUT2D eigenvalue weighted by molar-refractivity contribution is 5.77. The summed E-state index contributed by atoms with van der Waals surface area (Å²) in [5.41, 5.74) is 0.0763. The van der Waals surface area contributed by atoms with Crippen LogP contribution in [0.4, 0.5) is 0 Å². The molecule has 2 aliphatic carbocycles. The molecular formula is C15H28N2O. The molecule has 2 saturated carbocycles. The summed E-state index contributed by atoms with van der Waals surface area (Å²) in [6.45, 7) is 2.20. The van der Waals surface area contributed by atoms with Gasteiger partial charge in [0, 0.05) is 25.0 Å². The average molecular weight is 252 g/mol. The molecule has 1 N–H and O–H groups in total. The summed E-state index contributed by atoms with van der Waals surface area (Å²) < 4.78 is 0. The highest BCUT2D eigenvalue weighted by Crippen LogP contribution is 2.36. The predicted molar refractivity (Wildman–Crippen MR) is 74.4 cm³/mol. The third-order valence-electron chi connectivity index (χ3n) is 5.14. The lowest BCUT2D eigenvalue weighted by Crippen LogP contribution is -2.49. The van der Waals surface area contributed by atoms with Crippen molar-refractivity contribution in [3.63, 3.8) is 0 Å². The second-order valence-corrected chi connectivity index (χ2v) is 6.35. The quantitative estimate of drug-likeness (QED) is 0.815. The lowest BCUT2D eigenvalue weighted by molar-refractivity contribution is -0.134. The third kappa shape index (κ3) is 3.05. The van der Waals surface area contributed by atoms with E-state index in [9.17, 15) is 4.79 Å². The monoisotopic (exact) mass is 252 g/mol. The fourth-order valence-electron chi connectivity index (χ4n) is 3.28. The van der Waals surface area contributed by atoms with E-state index in [-0.39, 0.29) is 5.54 Å². The average Bonchev–Trinajstić information content (AvgIpc) is 3.22. The highest BCUT2D eigenvalue weighted by atomic mass is 16.2. The molecule has 18 heavy (non-hydrogen) atoms. The summed E-state index contributed by atoms with van der Waals surface area (Å²) >= 11 is 0. The maximum Gasteiger partial charge on any atom is 0.224 e. The van der Waals surface area contributed by atoms with Crippen molar-refractivity contribution in [1.29, 1.82) is 0 Å². The zero-order chi connectivity index (χ0) is 13.2. The summed E-state index contributed by atoms with van der Waals surface area (Å²) in [6.07, 6.45) is 9.43. The maximum absolute atomic E-state index is 12.4. The van der Waals surface area contributed by atoms with Crippen LogP contribution in [0.1, 0.15) is 58.3 Å². The number of nitrogens with one attached hydrogen (secondary N) is 1. The van der Waals surface area contributed by atoms with Gasteiger partial charge in [0.2, 0.25) is 5.91 Å². The fourth-order valence-corrected chi connectivity index (χ4v) is 3.28. The Morgan fingerprint density at radius 1 is 1.33 bits per heavy atom. The second kappa shape index (κ2) is 5.60. The molecule has 0 heterocycles. The van der Waals surface area contributed by atoms with Crippen molar-refractivity contribution in [2.45, 2.75) is 69.9 Å². The molecule has 0 bridgehead atoms. The summed E-state index contributed by atoms with van der Waals surface area (Å²) in [6, 6.07) is 0.426.